The highest BCUT2D eigenvalue weighted by Crippen LogP contribution is 2.48. The predicted molar refractivity (Wildman–Crippen MR) is 82.3 cm³/mol. The average Bonchev–Trinajstić information content (AvgIpc) is 2.53. The zero-order valence-electron chi connectivity index (χ0n) is 13.7. The summed E-state index contributed by atoms with van der Waals surface area (Å²) in [4.78, 5) is 12.2. The third-order valence-electron chi connectivity index (χ3n) is 5.01. The van der Waals surface area contributed by atoms with Gasteiger partial charge in [-0.15, -0.1) is 0 Å². The van der Waals surface area contributed by atoms with Gasteiger partial charge < -0.3 is 0 Å². The number of ketones is 1. The molecule has 0 aliphatic heterocycles. The number of hydrogen-bond acceptors (Lipinski definition) is 1. The second kappa shape index (κ2) is 7.64. The Kier molecular flexibility index (Phi) is 6.37. The van der Waals surface area contributed by atoms with Crippen molar-refractivity contribution in [1.82, 2.24) is 0 Å². The van der Waals surface area contributed by atoms with E-state index < -0.39 is 39.9 Å². The van der Waals surface area contributed by atoms with E-state index in [-0.39, 0.29) is 17.5 Å². The Balaban J connectivity index is 2.27. The molecule has 2 saturated carbocycles. The van der Waals surface area contributed by atoms with Crippen molar-refractivity contribution < 1.29 is 35.5 Å². The molecule has 0 N–H and O–H groups in total. The number of alkyl halides is 7. The Labute approximate surface area is 145 Å². The molecule has 0 spiro atoms. The molecule has 2 unspecified atom stereocenters. The normalized spacial score (nSPS) is 25.9. The van der Waals surface area contributed by atoms with Gasteiger partial charge in [0.15, 0.2) is 16.8 Å². The molecule has 2 aliphatic carbocycles. The van der Waals surface area contributed by atoms with Crippen LogP contribution in [-0.4, -0.2) is 40.1 Å². The van der Waals surface area contributed by atoms with Crippen LogP contribution in [0.2, 0.25) is 0 Å². The summed E-state index contributed by atoms with van der Waals surface area (Å²) in [5.41, 5.74) is 0. The van der Waals surface area contributed by atoms with E-state index in [0.717, 1.165) is 19.3 Å². The van der Waals surface area contributed by atoms with Gasteiger partial charge in [-0.1, -0.05) is 6.42 Å². The molecule has 2 atom stereocenters. The average molecular weight is 395 g/mol. The van der Waals surface area contributed by atoms with Crippen LogP contribution in [0.3, 0.4) is 0 Å². The van der Waals surface area contributed by atoms with Crippen molar-refractivity contribution in [3.05, 3.63) is 0 Å². The molecule has 0 amide bonds. The van der Waals surface area contributed by atoms with Crippen molar-refractivity contribution in [2.24, 2.45) is 0 Å². The molecule has 0 aromatic rings. The summed E-state index contributed by atoms with van der Waals surface area (Å²) >= 11 is 0. The summed E-state index contributed by atoms with van der Waals surface area (Å²) in [7, 11) is -1.46. The molecule has 0 heterocycles. The first-order valence-electron chi connectivity index (χ1n) is 8.51. The first-order valence-corrected chi connectivity index (χ1v) is 10.0. The molecule has 2 aliphatic rings. The van der Waals surface area contributed by atoms with Crippen molar-refractivity contribution in [1.29, 1.82) is 0 Å². The lowest BCUT2D eigenvalue weighted by molar-refractivity contribution is -0.348. The molecular weight excluding hydrogens is 373 g/mol. The molecule has 0 saturated heterocycles. The van der Waals surface area contributed by atoms with Gasteiger partial charge in [-0.2, -0.15) is 30.7 Å². The van der Waals surface area contributed by atoms with E-state index in [2.05, 4.69) is 0 Å². The van der Waals surface area contributed by atoms with E-state index >= 15 is 0 Å². The second-order valence-electron chi connectivity index (χ2n) is 6.85. The minimum Gasteiger partial charge on any atom is -0.294 e. The summed E-state index contributed by atoms with van der Waals surface area (Å²) < 4.78 is 92.1. The topological polar surface area (TPSA) is 17.1 Å². The molecule has 2 rings (SSSR count). The Morgan fingerprint density at radius 3 is 1.92 bits per heavy atom. The lowest BCUT2D eigenvalue weighted by Gasteiger charge is -2.33. The first kappa shape index (κ1) is 20.8. The summed E-state index contributed by atoms with van der Waals surface area (Å²) in [6.45, 7) is 0. The highest BCUT2D eigenvalue weighted by molar-refractivity contribution is 7.98. The standard InChI is InChI=1S/C16H22F7OS/c17-14(18,15(19,20)16(21,22)23)10-25(11-6-2-1-3-7-11)13-9-5-4-8-12(13)24/h11,13H,1-10H2/q+1. The maximum absolute atomic E-state index is 14.0. The first-order chi connectivity index (χ1) is 11.5. The molecule has 9 heteroatoms. The molecule has 146 valence electrons. The van der Waals surface area contributed by atoms with Crippen LogP contribution in [0.1, 0.15) is 57.8 Å². The van der Waals surface area contributed by atoms with Gasteiger partial charge in [0.1, 0.15) is 5.25 Å². The number of carbonyl (C=O) groups is 1. The Morgan fingerprint density at radius 2 is 1.40 bits per heavy atom. The predicted octanol–water partition coefficient (Wildman–Crippen LogP) is 5.28. The summed E-state index contributed by atoms with van der Waals surface area (Å²) in [5, 5.41) is -1.16. The van der Waals surface area contributed by atoms with Crippen LogP contribution < -0.4 is 0 Å². The zero-order chi connectivity index (χ0) is 18.9. The van der Waals surface area contributed by atoms with Gasteiger partial charge in [0.2, 0.25) is 0 Å². The third-order valence-corrected chi connectivity index (χ3v) is 8.26. The van der Waals surface area contributed by atoms with E-state index in [0.29, 0.717) is 32.1 Å². The fourth-order valence-electron chi connectivity index (χ4n) is 3.60. The van der Waals surface area contributed by atoms with E-state index in [4.69, 9.17) is 0 Å². The fraction of sp³-hybridized carbons (Fsp3) is 0.938. The lowest BCUT2D eigenvalue weighted by atomic mass is 9.99. The fourth-order valence-corrected chi connectivity index (χ4v) is 6.96. The van der Waals surface area contributed by atoms with Gasteiger partial charge >= 0.3 is 18.0 Å². The summed E-state index contributed by atoms with van der Waals surface area (Å²) in [6, 6.07) is 0. The van der Waals surface area contributed by atoms with Gasteiger partial charge in [-0.05, 0) is 38.5 Å². The zero-order valence-corrected chi connectivity index (χ0v) is 14.5. The van der Waals surface area contributed by atoms with Crippen LogP contribution in [-0.2, 0) is 15.7 Å². The van der Waals surface area contributed by atoms with Crippen molar-refractivity contribution in [3.63, 3.8) is 0 Å². The number of rotatable bonds is 5. The minimum atomic E-state index is -6.31. The van der Waals surface area contributed by atoms with Crippen LogP contribution in [0.4, 0.5) is 30.7 Å². The van der Waals surface area contributed by atoms with Gasteiger partial charge in [0.05, 0.1) is 0 Å². The Bertz CT molecular complexity index is 472. The Hall–Kier alpha value is -0.470. The molecule has 0 aromatic carbocycles. The van der Waals surface area contributed by atoms with Gasteiger partial charge in [-0.3, -0.25) is 4.79 Å². The monoisotopic (exact) mass is 395 g/mol. The largest absolute Gasteiger partial charge is 0.460 e. The molecular formula is C16H22F7OS+. The third kappa shape index (κ3) is 4.45. The maximum Gasteiger partial charge on any atom is 0.460 e. The summed E-state index contributed by atoms with van der Waals surface area (Å²) in [5.74, 6) is -13.1. The SMILES string of the molecule is O=C1CCCCC1[S+](CC(F)(F)C(F)(F)C(F)(F)F)C1CCCCC1. The van der Waals surface area contributed by atoms with Crippen LogP contribution >= 0.6 is 0 Å². The van der Waals surface area contributed by atoms with Crippen LogP contribution in [0, 0.1) is 0 Å². The van der Waals surface area contributed by atoms with Crippen LogP contribution in [0.25, 0.3) is 0 Å². The van der Waals surface area contributed by atoms with E-state index in [1.165, 1.54) is 0 Å². The molecule has 0 bridgehead atoms. The van der Waals surface area contributed by atoms with Gasteiger partial charge in [0, 0.05) is 23.7 Å². The highest BCUT2D eigenvalue weighted by atomic mass is 32.2. The van der Waals surface area contributed by atoms with E-state index in [1.807, 2.05) is 0 Å². The summed E-state index contributed by atoms with van der Waals surface area (Å²) in [6.07, 6.45) is -1.18. The van der Waals surface area contributed by atoms with Crippen LogP contribution in [0.5, 0.6) is 0 Å². The number of carbonyl (C=O) groups excluding carboxylic acids is 1. The maximum atomic E-state index is 14.0. The van der Waals surface area contributed by atoms with Crippen molar-refractivity contribution >= 4 is 16.7 Å². The molecule has 25 heavy (non-hydrogen) atoms. The van der Waals surface area contributed by atoms with Crippen molar-refractivity contribution in [2.75, 3.05) is 5.75 Å². The minimum absolute atomic E-state index is 0.197. The number of Topliss-reactive ketones (excluding diaryl/α,β-unsaturated/α-hetero) is 1. The highest BCUT2D eigenvalue weighted by Gasteiger charge is 2.75. The van der Waals surface area contributed by atoms with Crippen molar-refractivity contribution in [2.45, 2.75) is 86.3 Å². The number of halogens is 7. The number of hydrogen-bond donors (Lipinski definition) is 0. The van der Waals surface area contributed by atoms with E-state index in [1.54, 1.807) is 0 Å². The van der Waals surface area contributed by atoms with Gasteiger partial charge in [-0.25, -0.2) is 0 Å². The molecule has 0 aromatic heterocycles. The quantitative estimate of drug-likeness (QED) is 0.457. The van der Waals surface area contributed by atoms with Gasteiger partial charge in [0.25, 0.3) is 0 Å². The Morgan fingerprint density at radius 1 is 0.840 bits per heavy atom. The second-order valence-corrected chi connectivity index (χ2v) is 9.31. The molecule has 2 fully saturated rings. The lowest BCUT2D eigenvalue weighted by Crippen LogP contribution is -2.57. The smallest absolute Gasteiger partial charge is 0.294 e. The molecule has 1 nitrogen and oxygen atoms in total. The van der Waals surface area contributed by atoms with Crippen molar-refractivity contribution in [3.8, 4) is 0 Å². The molecule has 0 radical (unpaired) electrons. The van der Waals surface area contributed by atoms with E-state index in [9.17, 15) is 35.5 Å². The van der Waals surface area contributed by atoms with Crippen LogP contribution in [0.15, 0.2) is 0 Å².